The molecule has 1 aliphatic heterocycles. The fourth-order valence-electron chi connectivity index (χ4n) is 2.81. The van der Waals surface area contributed by atoms with Crippen LogP contribution < -0.4 is 0 Å². The maximum absolute atomic E-state index is 4.41. The average molecular weight is 301 g/mol. The molecule has 1 aromatic carbocycles. The quantitative estimate of drug-likeness (QED) is 0.932. The Morgan fingerprint density at radius 2 is 2.00 bits per heavy atom. The molecule has 0 spiro atoms. The van der Waals surface area contributed by atoms with Crippen LogP contribution in [0, 0.1) is 13.8 Å². The van der Waals surface area contributed by atoms with Crippen molar-refractivity contribution < 1.29 is 0 Å². The van der Waals surface area contributed by atoms with Gasteiger partial charge >= 0.3 is 0 Å². The highest BCUT2D eigenvalue weighted by atomic mass is 32.2. The van der Waals surface area contributed by atoms with Crippen LogP contribution in [0.1, 0.15) is 29.8 Å². The van der Waals surface area contributed by atoms with Crippen molar-refractivity contribution in [3.63, 3.8) is 0 Å². The number of piperidine rings is 1. The monoisotopic (exact) mass is 301 g/mol. The van der Waals surface area contributed by atoms with Crippen molar-refractivity contribution in [2.24, 2.45) is 0 Å². The first kappa shape index (κ1) is 14.7. The average Bonchev–Trinajstić information content (AvgIpc) is 2.89. The van der Waals surface area contributed by atoms with Gasteiger partial charge in [-0.1, -0.05) is 18.2 Å². The number of aromatic nitrogens is 2. The Kier molecular flexibility index (Phi) is 4.66. The molecule has 0 amide bonds. The lowest BCUT2D eigenvalue weighted by molar-refractivity contribution is 0.222. The first-order valence-corrected chi connectivity index (χ1v) is 8.54. The Morgan fingerprint density at radius 3 is 2.67 bits per heavy atom. The van der Waals surface area contributed by atoms with Gasteiger partial charge in [0.25, 0.3) is 0 Å². The number of imidazole rings is 1. The van der Waals surface area contributed by atoms with Crippen molar-refractivity contribution in [1.82, 2.24) is 14.9 Å². The van der Waals surface area contributed by atoms with E-state index in [2.05, 4.69) is 64.7 Å². The summed E-state index contributed by atoms with van der Waals surface area (Å²) in [6.45, 7) is 7.64. The summed E-state index contributed by atoms with van der Waals surface area (Å²) < 4.78 is 0. The van der Waals surface area contributed by atoms with E-state index in [0.717, 1.165) is 11.8 Å². The van der Waals surface area contributed by atoms with E-state index >= 15 is 0 Å². The Hall–Kier alpha value is -1.26. The molecule has 1 fully saturated rings. The van der Waals surface area contributed by atoms with E-state index in [9.17, 15) is 0 Å². The van der Waals surface area contributed by atoms with E-state index in [-0.39, 0.29) is 0 Å². The second-order valence-electron chi connectivity index (χ2n) is 5.83. The van der Waals surface area contributed by atoms with Gasteiger partial charge in [0, 0.05) is 22.4 Å². The first-order valence-electron chi connectivity index (χ1n) is 7.66. The van der Waals surface area contributed by atoms with Crippen LogP contribution in [-0.2, 0) is 6.54 Å². The molecular formula is C17H23N3S. The fraction of sp³-hybridized carbons (Fsp3) is 0.471. The highest BCUT2D eigenvalue weighted by Gasteiger charge is 2.21. The maximum atomic E-state index is 4.41. The number of likely N-dealkylation sites (tertiary alicyclic amines) is 1. The highest BCUT2D eigenvalue weighted by molar-refractivity contribution is 8.00. The zero-order valence-corrected chi connectivity index (χ0v) is 13.6. The Labute approximate surface area is 131 Å². The number of hydrogen-bond acceptors (Lipinski definition) is 3. The predicted molar refractivity (Wildman–Crippen MR) is 88.7 cm³/mol. The van der Waals surface area contributed by atoms with Gasteiger partial charge in [0.1, 0.15) is 0 Å². The zero-order valence-electron chi connectivity index (χ0n) is 12.8. The van der Waals surface area contributed by atoms with Crippen molar-refractivity contribution in [3.8, 4) is 0 Å². The van der Waals surface area contributed by atoms with Gasteiger partial charge in [-0.25, -0.2) is 4.98 Å². The largest absolute Gasteiger partial charge is 0.348 e. The van der Waals surface area contributed by atoms with E-state index in [4.69, 9.17) is 0 Å². The van der Waals surface area contributed by atoms with E-state index in [1.54, 1.807) is 6.33 Å². The molecule has 0 unspecified atom stereocenters. The molecule has 0 atom stereocenters. The lowest BCUT2D eigenvalue weighted by Crippen LogP contribution is -2.34. The van der Waals surface area contributed by atoms with Gasteiger partial charge in [0.15, 0.2) is 0 Å². The van der Waals surface area contributed by atoms with Crippen LogP contribution in [0.3, 0.4) is 0 Å². The topological polar surface area (TPSA) is 31.9 Å². The second-order valence-corrected chi connectivity index (χ2v) is 7.18. The predicted octanol–water partition coefficient (Wildman–Crippen LogP) is 3.78. The summed E-state index contributed by atoms with van der Waals surface area (Å²) in [5, 5.41) is 0.752. The molecule has 4 heteroatoms. The SMILES string of the molecule is Cc1ccccc1SC1CCN(Cc2nc[nH]c2C)CC1. The number of benzene rings is 1. The molecule has 1 aliphatic rings. The van der Waals surface area contributed by atoms with Crippen LogP contribution in [0.4, 0.5) is 0 Å². The maximum Gasteiger partial charge on any atom is 0.0925 e. The van der Waals surface area contributed by atoms with E-state index < -0.39 is 0 Å². The molecule has 0 bridgehead atoms. The summed E-state index contributed by atoms with van der Waals surface area (Å²) >= 11 is 2.06. The van der Waals surface area contributed by atoms with Crippen LogP contribution in [0.5, 0.6) is 0 Å². The van der Waals surface area contributed by atoms with E-state index in [1.165, 1.54) is 47.8 Å². The standard InChI is InChI=1S/C17H23N3S/c1-13-5-3-4-6-17(13)21-15-7-9-20(10-8-15)11-16-14(2)18-12-19-16/h3-6,12,15H,7-11H2,1-2H3,(H,18,19). The van der Waals surface area contributed by atoms with Crippen LogP contribution in [-0.4, -0.2) is 33.2 Å². The third kappa shape index (κ3) is 3.69. The molecule has 0 aliphatic carbocycles. The molecule has 0 radical (unpaired) electrons. The van der Waals surface area contributed by atoms with Crippen LogP contribution in [0.15, 0.2) is 35.5 Å². The molecule has 3 rings (SSSR count). The van der Waals surface area contributed by atoms with Gasteiger partial charge in [-0.05, 0) is 51.4 Å². The number of nitrogens with one attached hydrogen (secondary N) is 1. The number of thioether (sulfide) groups is 1. The van der Waals surface area contributed by atoms with E-state index in [1.807, 2.05) is 0 Å². The van der Waals surface area contributed by atoms with Crippen LogP contribution in [0.25, 0.3) is 0 Å². The fourth-order valence-corrected chi connectivity index (χ4v) is 4.03. The van der Waals surface area contributed by atoms with Gasteiger partial charge in [-0.2, -0.15) is 0 Å². The van der Waals surface area contributed by atoms with Gasteiger partial charge in [0.05, 0.1) is 12.0 Å². The number of H-pyrrole nitrogens is 1. The molecule has 21 heavy (non-hydrogen) atoms. The van der Waals surface area contributed by atoms with Crippen molar-refractivity contribution in [2.45, 2.75) is 43.4 Å². The Bertz CT molecular complexity index is 585. The zero-order chi connectivity index (χ0) is 14.7. The minimum atomic E-state index is 0.752. The molecule has 1 saturated heterocycles. The smallest absolute Gasteiger partial charge is 0.0925 e. The minimum Gasteiger partial charge on any atom is -0.348 e. The number of nitrogens with zero attached hydrogens (tertiary/aromatic N) is 2. The van der Waals surface area contributed by atoms with Gasteiger partial charge in [-0.3, -0.25) is 4.90 Å². The van der Waals surface area contributed by atoms with Crippen molar-refractivity contribution in [1.29, 1.82) is 0 Å². The summed E-state index contributed by atoms with van der Waals surface area (Å²) in [5.74, 6) is 0. The van der Waals surface area contributed by atoms with Crippen molar-refractivity contribution >= 4 is 11.8 Å². The molecule has 3 nitrogen and oxygen atoms in total. The second kappa shape index (κ2) is 6.67. The number of aryl methyl sites for hydroxylation is 2. The molecule has 1 aromatic heterocycles. The van der Waals surface area contributed by atoms with Gasteiger partial charge in [-0.15, -0.1) is 11.8 Å². The molecule has 1 N–H and O–H groups in total. The normalized spacial score (nSPS) is 17.2. The third-order valence-electron chi connectivity index (χ3n) is 4.23. The first-order chi connectivity index (χ1) is 10.2. The lowest BCUT2D eigenvalue weighted by Gasteiger charge is -2.31. The lowest BCUT2D eigenvalue weighted by atomic mass is 10.1. The molecular weight excluding hydrogens is 278 g/mol. The summed E-state index contributed by atoms with van der Waals surface area (Å²) in [6, 6.07) is 8.72. The number of aromatic amines is 1. The summed E-state index contributed by atoms with van der Waals surface area (Å²) in [4.78, 5) is 11.5. The van der Waals surface area contributed by atoms with Crippen molar-refractivity contribution in [2.75, 3.05) is 13.1 Å². The molecule has 0 saturated carbocycles. The summed E-state index contributed by atoms with van der Waals surface area (Å²) in [6.07, 6.45) is 4.33. The van der Waals surface area contributed by atoms with Gasteiger partial charge < -0.3 is 4.98 Å². The van der Waals surface area contributed by atoms with Gasteiger partial charge in [0.2, 0.25) is 0 Å². The third-order valence-corrected chi connectivity index (χ3v) is 5.75. The number of rotatable bonds is 4. The Morgan fingerprint density at radius 1 is 1.24 bits per heavy atom. The number of hydrogen-bond donors (Lipinski definition) is 1. The van der Waals surface area contributed by atoms with Crippen molar-refractivity contribution in [3.05, 3.63) is 47.5 Å². The molecule has 112 valence electrons. The molecule has 2 aromatic rings. The summed E-state index contributed by atoms with van der Waals surface area (Å²) in [5.41, 5.74) is 3.79. The molecule has 2 heterocycles. The van der Waals surface area contributed by atoms with Crippen LogP contribution in [0.2, 0.25) is 0 Å². The minimum absolute atomic E-state index is 0.752. The summed E-state index contributed by atoms with van der Waals surface area (Å²) in [7, 11) is 0. The van der Waals surface area contributed by atoms with E-state index in [0.29, 0.717) is 0 Å². The highest BCUT2D eigenvalue weighted by Crippen LogP contribution is 2.32. The Balaban J connectivity index is 1.51. The van der Waals surface area contributed by atoms with Crippen LogP contribution >= 0.6 is 11.8 Å².